The number of fused-ring (bicyclic) bond motifs is 2. The van der Waals surface area contributed by atoms with Crippen molar-refractivity contribution in [1.29, 1.82) is 0 Å². The highest BCUT2D eigenvalue weighted by Gasteiger charge is 2.65. The zero-order valence-corrected chi connectivity index (χ0v) is 37.2. The molecule has 0 radical (unpaired) electrons. The number of allylic oxidation sites excluding steroid dienone is 1. The minimum atomic E-state index is -1.24. The van der Waals surface area contributed by atoms with Gasteiger partial charge in [0.15, 0.2) is 0 Å². The maximum Gasteiger partial charge on any atom is 0.239 e. The van der Waals surface area contributed by atoms with E-state index in [1.165, 1.54) is 43.4 Å². The first-order valence-corrected chi connectivity index (χ1v) is 23.9. The number of oxime groups is 1. The van der Waals surface area contributed by atoms with Crippen LogP contribution in [0.5, 0.6) is 17.2 Å². The molecule has 0 spiro atoms. The number of unbranched alkanes of at least 4 members (excludes halogenated alkanes) is 10. The Kier molecular flexibility index (Phi) is 19.2. The summed E-state index contributed by atoms with van der Waals surface area (Å²) in [7, 11) is 1.90. The van der Waals surface area contributed by atoms with Crippen LogP contribution in [0.4, 0.5) is 0 Å². The summed E-state index contributed by atoms with van der Waals surface area (Å²) in [5.74, 6) is 0.901. The summed E-state index contributed by atoms with van der Waals surface area (Å²) < 4.78 is 20.9. The lowest BCUT2D eigenvalue weighted by Gasteiger charge is -2.59. The van der Waals surface area contributed by atoms with Crippen molar-refractivity contribution in [3.8, 4) is 17.2 Å². The summed E-state index contributed by atoms with van der Waals surface area (Å²) in [5.41, 5.74) is 2.90. The molecule has 2 aromatic rings. The van der Waals surface area contributed by atoms with Gasteiger partial charge >= 0.3 is 0 Å². The first-order valence-electron chi connectivity index (χ1n) is 22.6. The van der Waals surface area contributed by atoms with Crippen LogP contribution in [0.25, 0.3) is 0 Å². The normalized spacial score (nSPS) is 23.8. The van der Waals surface area contributed by atoms with Crippen molar-refractivity contribution in [3.05, 3.63) is 72.3 Å². The van der Waals surface area contributed by atoms with Gasteiger partial charge in [-0.05, 0) is 105 Å². The lowest BCUT2D eigenvalue weighted by molar-refractivity contribution is -0.255. The van der Waals surface area contributed by atoms with Crippen molar-refractivity contribution in [2.24, 2.45) is 22.9 Å². The van der Waals surface area contributed by atoms with Crippen molar-refractivity contribution < 1.29 is 34.1 Å². The molecule has 6 atom stereocenters. The fourth-order valence-corrected chi connectivity index (χ4v) is 10.1. The molecule has 326 valence electrons. The van der Waals surface area contributed by atoms with E-state index in [1.54, 1.807) is 17.8 Å². The largest absolute Gasteiger partial charge is 0.459 e. The van der Waals surface area contributed by atoms with Gasteiger partial charge in [-0.3, -0.25) is 4.79 Å². The van der Waals surface area contributed by atoms with Crippen molar-refractivity contribution in [3.63, 3.8) is 0 Å². The van der Waals surface area contributed by atoms with Gasteiger partial charge < -0.3 is 34.2 Å². The number of carbonyl (C=O) groups excluding carboxylic acids is 1. The molecule has 2 aliphatic carbocycles. The number of aliphatic hydroxyl groups excluding tert-OH is 2. The van der Waals surface area contributed by atoms with E-state index in [0.717, 1.165) is 85.5 Å². The maximum absolute atomic E-state index is 14.3. The van der Waals surface area contributed by atoms with Gasteiger partial charge in [0, 0.05) is 49.5 Å². The first kappa shape index (κ1) is 46.8. The molecule has 5 rings (SSSR count). The topological polar surface area (TPSA) is 110 Å². The van der Waals surface area contributed by atoms with Gasteiger partial charge in [-0.15, -0.1) is 18.3 Å². The lowest BCUT2D eigenvalue weighted by atomic mass is 9.55. The van der Waals surface area contributed by atoms with Crippen molar-refractivity contribution in [2.75, 3.05) is 39.7 Å². The van der Waals surface area contributed by atoms with E-state index < -0.39 is 11.8 Å². The van der Waals surface area contributed by atoms with Gasteiger partial charge in [-0.25, -0.2) is 0 Å². The van der Waals surface area contributed by atoms with Crippen LogP contribution in [0, 0.1) is 17.8 Å². The number of hydrogen-bond donors (Lipinski definition) is 2. The summed E-state index contributed by atoms with van der Waals surface area (Å²) >= 11 is 1.69. The molecular weight excluding hydrogens is 761 g/mol. The number of rotatable bonds is 27. The Morgan fingerprint density at radius 1 is 0.932 bits per heavy atom. The molecule has 3 aliphatic rings. The molecule has 1 heterocycles. The Balaban J connectivity index is 1.58. The van der Waals surface area contributed by atoms with E-state index in [-0.39, 0.29) is 49.4 Å². The lowest BCUT2D eigenvalue weighted by Crippen LogP contribution is -2.69. The third-order valence-corrected chi connectivity index (χ3v) is 13.3. The van der Waals surface area contributed by atoms with Gasteiger partial charge in [0.1, 0.15) is 29.9 Å². The van der Waals surface area contributed by atoms with Crippen molar-refractivity contribution >= 4 is 23.4 Å². The smallest absolute Gasteiger partial charge is 0.239 e. The number of likely N-dealkylation sites (N-methyl/N-ethyl adjacent to an activating group) is 1. The number of amides is 1. The van der Waals surface area contributed by atoms with Crippen LogP contribution in [-0.2, 0) is 14.4 Å². The third-order valence-electron chi connectivity index (χ3n) is 12.6. The van der Waals surface area contributed by atoms with Gasteiger partial charge in [0.05, 0.1) is 18.2 Å². The number of nitrogens with zero attached hydrogens (tertiary/aromatic N) is 2. The molecule has 9 nitrogen and oxygen atoms in total. The van der Waals surface area contributed by atoms with Gasteiger partial charge in [0.25, 0.3) is 0 Å². The number of thioether (sulfide) groups is 1. The summed E-state index contributed by atoms with van der Waals surface area (Å²) in [5, 5.41) is 24.6. The average Bonchev–Trinajstić information content (AvgIpc) is 3.25. The van der Waals surface area contributed by atoms with Crippen LogP contribution in [0.3, 0.4) is 0 Å². The molecular formula is C49H72N2O7S. The minimum Gasteiger partial charge on any atom is -0.459 e. The minimum absolute atomic E-state index is 0.0714. The van der Waals surface area contributed by atoms with E-state index in [9.17, 15) is 15.0 Å². The highest BCUT2D eigenvalue weighted by atomic mass is 32.2. The first-order chi connectivity index (χ1) is 28.8. The Labute approximate surface area is 359 Å². The van der Waals surface area contributed by atoms with E-state index in [0.29, 0.717) is 25.9 Å². The van der Waals surface area contributed by atoms with Crippen LogP contribution in [-0.4, -0.2) is 78.3 Å². The predicted molar refractivity (Wildman–Crippen MR) is 239 cm³/mol. The van der Waals surface area contributed by atoms with Crippen molar-refractivity contribution in [1.82, 2.24) is 4.90 Å². The number of ether oxygens (including phenoxy) is 3. The molecule has 10 heteroatoms. The van der Waals surface area contributed by atoms with Crippen LogP contribution in [0.15, 0.2) is 76.8 Å². The van der Waals surface area contributed by atoms with Gasteiger partial charge in [-0.2, -0.15) is 0 Å². The average molecular weight is 833 g/mol. The third kappa shape index (κ3) is 12.0. The molecule has 1 aliphatic heterocycles. The standard InChI is InChI=1S/C49H72N2O7S/c1-6-9-10-11-12-13-14-15-16-23-46(54)51(4)45-35-43(50-56-8-3)41-33-36(21-17-19-30-52)40(22-18-20-31-53)47-42-34-38(57-37-24-27-39(59-5)28-25-37)26-29-44(42)58-49(45,48(41)47)55-32-7-2/h7,24-29,33-34,36,40,45,47-48,52-53H,2,6,8-23,30-32,35H2,1,3-5H3/t36-,40+,45-,47+,48+,49+/m0/s1. The molecule has 0 unspecified atom stereocenters. The van der Waals surface area contributed by atoms with Gasteiger partial charge in [0.2, 0.25) is 11.7 Å². The number of hydrogen-bond acceptors (Lipinski definition) is 9. The molecule has 1 saturated carbocycles. The Hall–Kier alpha value is -3.31. The molecule has 0 saturated heterocycles. The van der Waals surface area contributed by atoms with E-state index in [2.05, 4.69) is 44.0 Å². The number of benzene rings is 2. The van der Waals surface area contributed by atoms with E-state index in [4.69, 9.17) is 24.2 Å². The number of aliphatic hydroxyl groups is 2. The Morgan fingerprint density at radius 3 is 2.27 bits per heavy atom. The molecule has 1 fully saturated rings. The zero-order valence-electron chi connectivity index (χ0n) is 36.4. The fraction of sp³-hybridized carbons (Fsp3) is 0.633. The summed E-state index contributed by atoms with van der Waals surface area (Å²) in [4.78, 5) is 23.2. The summed E-state index contributed by atoms with van der Waals surface area (Å²) in [6.45, 7) is 9.17. The SMILES string of the molecule is C=CCO[C@@]12Oc3ccc(Oc4ccc(SC)cc4)cc3[C@H]3[C@H](CCCCO)[C@@H](CCCCO)C=C(C(=NOCC)C[C@@H]1N(C)C(=O)CCCCCCCCCCC)[C@H]32. The molecule has 0 aromatic heterocycles. The second kappa shape index (κ2) is 24.2. The second-order valence-electron chi connectivity index (χ2n) is 16.6. The Bertz CT molecular complexity index is 1660. The van der Waals surface area contributed by atoms with Gasteiger partial charge in [-0.1, -0.05) is 88.4 Å². The van der Waals surface area contributed by atoms with E-state index in [1.807, 2.05) is 43.1 Å². The highest BCUT2D eigenvalue weighted by molar-refractivity contribution is 7.98. The highest BCUT2D eigenvalue weighted by Crippen LogP contribution is 2.62. The summed E-state index contributed by atoms with van der Waals surface area (Å²) in [6.07, 6.45) is 22.7. The zero-order chi connectivity index (χ0) is 42.0. The van der Waals surface area contributed by atoms with Crippen LogP contribution in [0.1, 0.15) is 134 Å². The molecule has 0 bridgehead atoms. The van der Waals surface area contributed by atoms with Crippen molar-refractivity contribution in [2.45, 2.75) is 146 Å². The second-order valence-corrected chi connectivity index (χ2v) is 17.4. The monoisotopic (exact) mass is 833 g/mol. The molecule has 2 aromatic carbocycles. The van der Waals surface area contributed by atoms with Crippen LogP contribution < -0.4 is 9.47 Å². The molecule has 2 N–H and O–H groups in total. The molecule has 59 heavy (non-hydrogen) atoms. The van der Waals surface area contributed by atoms with Crippen LogP contribution >= 0.6 is 11.8 Å². The summed E-state index contributed by atoms with van der Waals surface area (Å²) in [6, 6.07) is 13.7. The Morgan fingerprint density at radius 2 is 1.61 bits per heavy atom. The van der Waals surface area contributed by atoms with E-state index >= 15 is 0 Å². The fourth-order valence-electron chi connectivity index (χ4n) is 9.65. The maximum atomic E-state index is 14.3. The predicted octanol–water partition coefficient (Wildman–Crippen LogP) is 11.2. The van der Waals surface area contributed by atoms with Crippen LogP contribution in [0.2, 0.25) is 0 Å². The molecule has 1 amide bonds. The number of carbonyl (C=O) groups is 1. The quantitative estimate of drug-likeness (QED) is 0.0396.